The topological polar surface area (TPSA) is 41.6 Å². The summed E-state index contributed by atoms with van der Waals surface area (Å²) in [6, 6.07) is 11.0. The average Bonchev–Trinajstić information content (AvgIpc) is 2.67. The van der Waals surface area contributed by atoms with Gasteiger partial charge >= 0.3 is 6.18 Å². The van der Waals surface area contributed by atoms with Crippen LogP contribution in [-0.4, -0.2) is 32.2 Å². The van der Waals surface area contributed by atoms with Gasteiger partial charge in [-0.05, 0) is 36.2 Å². The van der Waals surface area contributed by atoms with E-state index in [0.717, 1.165) is 11.6 Å². The second kappa shape index (κ2) is 8.84. The minimum Gasteiger partial charge on any atom is -0.378 e. The van der Waals surface area contributed by atoms with Gasteiger partial charge < -0.3 is 15.0 Å². The van der Waals surface area contributed by atoms with Crippen LogP contribution in [0.25, 0.3) is 0 Å². The fourth-order valence-electron chi connectivity index (χ4n) is 3.06. The molecule has 0 unspecified atom stereocenters. The van der Waals surface area contributed by atoms with Gasteiger partial charge in [-0.25, -0.2) is 0 Å². The molecule has 150 valence electrons. The Bertz CT molecular complexity index is 836. The number of ether oxygens (including phenoxy) is 1. The highest BCUT2D eigenvalue weighted by atomic mass is 35.5. The zero-order valence-electron chi connectivity index (χ0n) is 15.1. The lowest BCUT2D eigenvalue weighted by Crippen LogP contribution is -2.36. The van der Waals surface area contributed by atoms with Crippen molar-refractivity contribution in [2.45, 2.75) is 19.0 Å². The zero-order chi connectivity index (χ0) is 20.1. The van der Waals surface area contributed by atoms with Gasteiger partial charge in [0.25, 0.3) is 0 Å². The second-order valence-corrected chi connectivity index (χ2v) is 6.87. The van der Waals surface area contributed by atoms with Gasteiger partial charge in [0.05, 0.1) is 24.5 Å². The van der Waals surface area contributed by atoms with E-state index >= 15 is 0 Å². The summed E-state index contributed by atoms with van der Waals surface area (Å²) in [5.74, 6) is -0.496. The number of alkyl halides is 3. The summed E-state index contributed by atoms with van der Waals surface area (Å²) in [6.07, 6.45) is -4.20. The summed E-state index contributed by atoms with van der Waals surface area (Å²) < 4.78 is 45.8. The van der Waals surface area contributed by atoms with Gasteiger partial charge in [-0.15, -0.1) is 0 Å². The molecular weight excluding hydrogens is 393 g/mol. The number of hydrogen-bond acceptors (Lipinski definition) is 3. The first-order valence-electron chi connectivity index (χ1n) is 8.92. The molecule has 1 fully saturated rings. The molecule has 0 aliphatic carbocycles. The van der Waals surface area contributed by atoms with E-state index in [0.29, 0.717) is 43.4 Å². The van der Waals surface area contributed by atoms with Gasteiger partial charge in [0.2, 0.25) is 5.91 Å². The maximum atomic E-state index is 13.5. The van der Waals surface area contributed by atoms with Crippen molar-refractivity contribution < 1.29 is 22.7 Å². The molecule has 1 N–H and O–H groups in total. The third-order valence-electron chi connectivity index (χ3n) is 4.54. The lowest BCUT2D eigenvalue weighted by Gasteiger charge is -2.29. The number of halogens is 4. The number of rotatable bonds is 5. The molecule has 1 aliphatic heterocycles. The average molecular weight is 413 g/mol. The maximum Gasteiger partial charge on any atom is 0.418 e. The monoisotopic (exact) mass is 412 g/mol. The molecule has 2 aromatic carbocycles. The molecular formula is C20H20ClF3N2O2. The minimum absolute atomic E-state index is 0.0340. The van der Waals surface area contributed by atoms with Crippen LogP contribution in [-0.2, 0) is 22.1 Å². The first-order chi connectivity index (χ1) is 13.3. The molecule has 4 nitrogen and oxygen atoms in total. The molecule has 0 spiro atoms. The summed E-state index contributed by atoms with van der Waals surface area (Å²) in [7, 11) is 0. The number of nitrogens with one attached hydrogen (secondary N) is 1. The lowest BCUT2D eigenvalue weighted by molar-refractivity contribution is -0.136. The van der Waals surface area contributed by atoms with Gasteiger partial charge in [0.1, 0.15) is 0 Å². The van der Waals surface area contributed by atoms with E-state index < -0.39 is 17.6 Å². The Kier molecular flexibility index (Phi) is 6.46. The van der Waals surface area contributed by atoms with Crippen molar-refractivity contribution in [3.63, 3.8) is 0 Å². The smallest absolute Gasteiger partial charge is 0.378 e. The highest BCUT2D eigenvalue weighted by molar-refractivity contribution is 6.31. The second-order valence-electron chi connectivity index (χ2n) is 6.47. The summed E-state index contributed by atoms with van der Waals surface area (Å²) in [6.45, 7) is 2.01. The summed E-state index contributed by atoms with van der Waals surface area (Å²) in [5, 5.41) is 2.92. The third kappa shape index (κ3) is 5.17. The van der Waals surface area contributed by atoms with Crippen molar-refractivity contribution in [2.24, 2.45) is 0 Å². The number of anilines is 2. The SMILES string of the molecule is O=C(CCc1ccccc1Cl)Nc1ccc(N2CCOCC2)cc1C(F)(F)F. The molecule has 8 heteroatoms. The predicted molar refractivity (Wildman–Crippen MR) is 103 cm³/mol. The Balaban J connectivity index is 1.73. The Labute approximate surface area is 166 Å². The van der Waals surface area contributed by atoms with Crippen LogP contribution in [0.4, 0.5) is 24.5 Å². The van der Waals surface area contributed by atoms with E-state index in [1.807, 2.05) is 4.90 Å². The van der Waals surface area contributed by atoms with Crippen LogP contribution in [0.5, 0.6) is 0 Å². The fraction of sp³-hybridized carbons (Fsp3) is 0.350. The number of aryl methyl sites for hydroxylation is 1. The molecule has 0 aromatic heterocycles. The number of morpholine rings is 1. The Hall–Kier alpha value is -2.25. The van der Waals surface area contributed by atoms with E-state index in [4.69, 9.17) is 16.3 Å². The van der Waals surface area contributed by atoms with Gasteiger partial charge in [0.15, 0.2) is 0 Å². The molecule has 1 amide bonds. The van der Waals surface area contributed by atoms with E-state index in [1.165, 1.54) is 6.07 Å². The highest BCUT2D eigenvalue weighted by Gasteiger charge is 2.34. The fourth-order valence-corrected chi connectivity index (χ4v) is 3.29. The van der Waals surface area contributed by atoms with Gasteiger partial charge in [-0.2, -0.15) is 13.2 Å². The molecule has 1 heterocycles. The summed E-state index contributed by atoms with van der Waals surface area (Å²) >= 11 is 6.05. The van der Waals surface area contributed by atoms with Crippen LogP contribution < -0.4 is 10.2 Å². The molecule has 28 heavy (non-hydrogen) atoms. The molecule has 2 aromatic rings. The standard InChI is InChI=1S/C20H20ClF3N2O2/c21-17-4-2-1-3-14(17)5-8-19(27)25-18-7-6-15(13-16(18)20(22,23)24)26-9-11-28-12-10-26/h1-4,6-7,13H,5,8-12H2,(H,25,27). The summed E-state index contributed by atoms with van der Waals surface area (Å²) in [4.78, 5) is 14.0. The molecule has 0 radical (unpaired) electrons. The van der Waals surface area contributed by atoms with Crippen molar-refractivity contribution in [1.29, 1.82) is 0 Å². The maximum absolute atomic E-state index is 13.5. The number of carbonyl (C=O) groups excluding carboxylic acids is 1. The normalized spacial score (nSPS) is 14.8. The molecule has 0 atom stereocenters. The largest absolute Gasteiger partial charge is 0.418 e. The third-order valence-corrected chi connectivity index (χ3v) is 4.91. The van der Waals surface area contributed by atoms with E-state index in [1.54, 1.807) is 30.3 Å². The summed E-state index contributed by atoms with van der Waals surface area (Å²) in [5.41, 5.74) is 0.138. The molecule has 3 rings (SSSR count). The lowest BCUT2D eigenvalue weighted by atomic mass is 10.1. The highest BCUT2D eigenvalue weighted by Crippen LogP contribution is 2.37. The Morgan fingerprint density at radius 2 is 1.86 bits per heavy atom. The minimum atomic E-state index is -4.58. The quantitative estimate of drug-likeness (QED) is 0.769. The predicted octanol–water partition coefficient (Wildman–Crippen LogP) is 4.77. The van der Waals surface area contributed by atoms with Crippen LogP contribution in [0.3, 0.4) is 0 Å². The number of benzene rings is 2. The van der Waals surface area contributed by atoms with Crippen molar-refractivity contribution in [2.75, 3.05) is 36.5 Å². The van der Waals surface area contributed by atoms with Crippen molar-refractivity contribution in [1.82, 2.24) is 0 Å². The van der Waals surface area contributed by atoms with E-state index in [9.17, 15) is 18.0 Å². The number of hydrogen-bond donors (Lipinski definition) is 1. The zero-order valence-corrected chi connectivity index (χ0v) is 15.8. The first-order valence-corrected chi connectivity index (χ1v) is 9.29. The van der Waals surface area contributed by atoms with Crippen LogP contribution >= 0.6 is 11.6 Å². The van der Waals surface area contributed by atoms with Crippen LogP contribution in [0.2, 0.25) is 5.02 Å². The van der Waals surface area contributed by atoms with Gasteiger partial charge in [-0.1, -0.05) is 29.8 Å². The molecule has 0 bridgehead atoms. The first kappa shape index (κ1) is 20.5. The van der Waals surface area contributed by atoms with Crippen molar-refractivity contribution in [3.8, 4) is 0 Å². The van der Waals surface area contributed by atoms with Gasteiger partial charge in [-0.3, -0.25) is 4.79 Å². The Morgan fingerprint density at radius 3 is 2.54 bits per heavy atom. The van der Waals surface area contributed by atoms with E-state index in [2.05, 4.69) is 5.32 Å². The van der Waals surface area contributed by atoms with Crippen LogP contribution in [0.1, 0.15) is 17.5 Å². The molecule has 1 saturated heterocycles. The Morgan fingerprint density at radius 1 is 1.14 bits per heavy atom. The molecule has 0 saturated carbocycles. The number of amides is 1. The van der Waals surface area contributed by atoms with Gasteiger partial charge in [0, 0.05) is 30.2 Å². The van der Waals surface area contributed by atoms with Crippen LogP contribution in [0.15, 0.2) is 42.5 Å². The number of carbonyl (C=O) groups is 1. The van der Waals surface area contributed by atoms with Crippen LogP contribution in [0, 0.1) is 0 Å². The number of nitrogens with zero attached hydrogens (tertiary/aromatic N) is 1. The van der Waals surface area contributed by atoms with Crippen molar-refractivity contribution in [3.05, 3.63) is 58.6 Å². The van der Waals surface area contributed by atoms with E-state index in [-0.39, 0.29) is 12.1 Å². The van der Waals surface area contributed by atoms with Crippen molar-refractivity contribution >= 4 is 28.9 Å². The molecule has 1 aliphatic rings.